The quantitative estimate of drug-likeness (QED) is 0.770. The molecule has 1 fully saturated rings. The molecular formula is C15H21ClN2. The Labute approximate surface area is 115 Å². The molecule has 2 aliphatic rings. The highest BCUT2D eigenvalue weighted by atomic mass is 35.5. The summed E-state index contributed by atoms with van der Waals surface area (Å²) in [7, 11) is 2.21. The van der Waals surface area contributed by atoms with E-state index >= 15 is 0 Å². The van der Waals surface area contributed by atoms with Crippen LogP contribution in [0.25, 0.3) is 0 Å². The number of benzene rings is 1. The van der Waals surface area contributed by atoms with Crippen molar-refractivity contribution >= 4 is 11.6 Å². The van der Waals surface area contributed by atoms with Gasteiger partial charge < -0.3 is 4.90 Å². The topological polar surface area (TPSA) is 6.48 Å². The van der Waals surface area contributed by atoms with Gasteiger partial charge in [0.15, 0.2) is 0 Å². The van der Waals surface area contributed by atoms with Gasteiger partial charge in [-0.25, -0.2) is 0 Å². The molecular weight excluding hydrogens is 244 g/mol. The van der Waals surface area contributed by atoms with Crippen molar-refractivity contribution in [2.24, 2.45) is 0 Å². The monoisotopic (exact) mass is 264 g/mol. The standard InChI is InChI=1S/C15H21ClN2/c1-17-7-9-18(10-8-17)15-4-2-3-12-11-13(16)5-6-14(12)15/h5-6,11,15H,2-4,7-10H2,1H3. The Balaban J connectivity index is 1.82. The van der Waals surface area contributed by atoms with Crippen LogP contribution < -0.4 is 0 Å². The van der Waals surface area contributed by atoms with Crippen LogP contribution in [-0.2, 0) is 6.42 Å². The third-order valence-corrected chi connectivity index (χ3v) is 4.60. The molecule has 2 nitrogen and oxygen atoms in total. The smallest absolute Gasteiger partial charge is 0.0408 e. The van der Waals surface area contributed by atoms with Crippen LogP contribution in [0.4, 0.5) is 0 Å². The van der Waals surface area contributed by atoms with E-state index in [0.717, 1.165) is 5.02 Å². The Bertz CT molecular complexity index is 425. The van der Waals surface area contributed by atoms with Crippen molar-refractivity contribution in [2.45, 2.75) is 25.3 Å². The van der Waals surface area contributed by atoms with Gasteiger partial charge in [-0.1, -0.05) is 17.7 Å². The lowest BCUT2D eigenvalue weighted by Crippen LogP contribution is -2.46. The van der Waals surface area contributed by atoms with Gasteiger partial charge >= 0.3 is 0 Å². The maximum absolute atomic E-state index is 6.11. The van der Waals surface area contributed by atoms with Crippen molar-refractivity contribution in [3.63, 3.8) is 0 Å². The molecule has 0 radical (unpaired) electrons. The summed E-state index contributed by atoms with van der Waals surface area (Å²) in [5, 5.41) is 0.882. The summed E-state index contributed by atoms with van der Waals surface area (Å²) in [6.07, 6.45) is 3.79. The van der Waals surface area contributed by atoms with Crippen molar-refractivity contribution in [3.8, 4) is 0 Å². The summed E-state index contributed by atoms with van der Waals surface area (Å²) >= 11 is 6.11. The average molecular weight is 265 g/mol. The van der Waals surface area contributed by atoms with Gasteiger partial charge in [-0.05, 0) is 49.6 Å². The fourth-order valence-corrected chi connectivity index (χ4v) is 3.46. The van der Waals surface area contributed by atoms with Crippen LogP contribution in [0.5, 0.6) is 0 Å². The van der Waals surface area contributed by atoms with Gasteiger partial charge in [0, 0.05) is 37.2 Å². The normalized spacial score (nSPS) is 26.0. The van der Waals surface area contributed by atoms with Crippen molar-refractivity contribution in [1.29, 1.82) is 0 Å². The van der Waals surface area contributed by atoms with E-state index in [9.17, 15) is 0 Å². The molecule has 1 aliphatic heterocycles. The number of fused-ring (bicyclic) bond motifs is 1. The van der Waals surface area contributed by atoms with E-state index in [1.54, 1.807) is 0 Å². The minimum absolute atomic E-state index is 0.625. The van der Waals surface area contributed by atoms with E-state index in [0.29, 0.717) is 6.04 Å². The van der Waals surface area contributed by atoms with Gasteiger partial charge in [0.25, 0.3) is 0 Å². The first kappa shape index (κ1) is 12.5. The first-order valence-electron chi connectivity index (χ1n) is 6.95. The summed E-state index contributed by atoms with van der Waals surface area (Å²) in [6.45, 7) is 4.78. The van der Waals surface area contributed by atoms with Crippen molar-refractivity contribution in [2.75, 3.05) is 33.2 Å². The lowest BCUT2D eigenvalue weighted by Gasteiger charge is -2.40. The van der Waals surface area contributed by atoms with Gasteiger partial charge in [-0.2, -0.15) is 0 Å². The second kappa shape index (κ2) is 5.20. The van der Waals surface area contributed by atoms with Gasteiger partial charge in [0.05, 0.1) is 0 Å². The largest absolute Gasteiger partial charge is 0.304 e. The van der Waals surface area contributed by atoms with Crippen LogP contribution in [0.3, 0.4) is 0 Å². The van der Waals surface area contributed by atoms with Crippen LogP contribution in [0.15, 0.2) is 18.2 Å². The molecule has 1 aromatic carbocycles. The highest BCUT2D eigenvalue weighted by Gasteiger charge is 2.27. The number of rotatable bonds is 1. The van der Waals surface area contributed by atoms with Gasteiger partial charge in [-0.3, -0.25) is 4.90 Å². The van der Waals surface area contributed by atoms with Crippen LogP contribution in [0.1, 0.15) is 30.0 Å². The van der Waals surface area contributed by atoms with Crippen LogP contribution in [0, 0.1) is 0 Å². The van der Waals surface area contributed by atoms with Gasteiger partial charge in [-0.15, -0.1) is 0 Å². The van der Waals surface area contributed by atoms with E-state index in [2.05, 4.69) is 35.0 Å². The molecule has 0 N–H and O–H groups in total. The van der Waals surface area contributed by atoms with E-state index in [1.807, 2.05) is 0 Å². The Kier molecular flexibility index (Phi) is 3.60. The minimum Gasteiger partial charge on any atom is -0.304 e. The molecule has 1 heterocycles. The Morgan fingerprint density at radius 3 is 2.72 bits per heavy atom. The lowest BCUT2D eigenvalue weighted by molar-refractivity contribution is 0.102. The second-order valence-electron chi connectivity index (χ2n) is 5.59. The molecule has 3 heteroatoms. The first-order chi connectivity index (χ1) is 8.74. The molecule has 18 heavy (non-hydrogen) atoms. The molecule has 0 bridgehead atoms. The Hall–Kier alpha value is -0.570. The fraction of sp³-hybridized carbons (Fsp3) is 0.600. The van der Waals surface area contributed by atoms with E-state index in [-0.39, 0.29) is 0 Å². The number of nitrogens with zero attached hydrogens (tertiary/aromatic N) is 2. The van der Waals surface area contributed by atoms with E-state index in [4.69, 9.17) is 11.6 Å². The SMILES string of the molecule is CN1CCN(C2CCCc3cc(Cl)ccc32)CC1. The zero-order chi connectivity index (χ0) is 12.5. The van der Waals surface area contributed by atoms with E-state index in [1.165, 1.54) is 56.6 Å². The van der Waals surface area contributed by atoms with Crippen molar-refractivity contribution in [1.82, 2.24) is 9.80 Å². The zero-order valence-electron chi connectivity index (χ0n) is 11.0. The molecule has 1 saturated heterocycles. The second-order valence-corrected chi connectivity index (χ2v) is 6.03. The summed E-state index contributed by atoms with van der Waals surface area (Å²) in [5.74, 6) is 0. The summed E-state index contributed by atoms with van der Waals surface area (Å²) in [4.78, 5) is 5.08. The number of hydrogen-bond acceptors (Lipinski definition) is 2. The van der Waals surface area contributed by atoms with Crippen molar-refractivity contribution in [3.05, 3.63) is 34.3 Å². The summed E-state index contributed by atoms with van der Waals surface area (Å²) in [5.41, 5.74) is 2.99. The average Bonchev–Trinajstić information content (AvgIpc) is 2.38. The Morgan fingerprint density at radius 1 is 1.17 bits per heavy atom. The highest BCUT2D eigenvalue weighted by molar-refractivity contribution is 6.30. The molecule has 0 saturated carbocycles. The van der Waals surface area contributed by atoms with Crippen LogP contribution >= 0.6 is 11.6 Å². The predicted octanol–water partition coefficient (Wildman–Crippen LogP) is 2.96. The third kappa shape index (κ3) is 2.42. The molecule has 0 aromatic heterocycles. The maximum Gasteiger partial charge on any atom is 0.0408 e. The number of aryl methyl sites for hydroxylation is 1. The van der Waals surface area contributed by atoms with Crippen molar-refractivity contribution < 1.29 is 0 Å². The summed E-state index contributed by atoms with van der Waals surface area (Å²) in [6, 6.07) is 7.09. The first-order valence-corrected chi connectivity index (χ1v) is 7.33. The molecule has 1 atom stereocenters. The summed E-state index contributed by atoms with van der Waals surface area (Å²) < 4.78 is 0. The van der Waals surface area contributed by atoms with Crippen LogP contribution in [-0.4, -0.2) is 43.0 Å². The molecule has 0 spiro atoms. The third-order valence-electron chi connectivity index (χ3n) is 4.37. The lowest BCUT2D eigenvalue weighted by atomic mass is 9.86. The minimum atomic E-state index is 0.625. The molecule has 98 valence electrons. The van der Waals surface area contributed by atoms with Gasteiger partial charge in [0.2, 0.25) is 0 Å². The molecule has 1 aromatic rings. The van der Waals surface area contributed by atoms with E-state index < -0.39 is 0 Å². The molecule has 3 rings (SSSR count). The van der Waals surface area contributed by atoms with Gasteiger partial charge in [0.1, 0.15) is 0 Å². The predicted molar refractivity (Wildman–Crippen MR) is 76.2 cm³/mol. The fourth-order valence-electron chi connectivity index (χ4n) is 3.27. The molecule has 1 unspecified atom stereocenters. The molecule has 1 aliphatic carbocycles. The number of halogens is 1. The maximum atomic E-state index is 6.11. The molecule has 0 amide bonds. The highest BCUT2D eigenvalue weighted by Crippen LogP contribution is 2.35. The Morgan fingerprint density at radius 2 is 1.94 bits per heavy atom. The number of piperazine rings is 1. The number of hydrogen-bond donors (Lipinski definition) is 0. The van der Waals surface area contributed by atoms with Crippen LogP contribution in [0.2, 0.25) is 5.02 Å². The number of likely N-dealkylation sites (N-methyl/N-ethyl adjacent to an activating group) is 1. The zero-order valence-corrected chi connectivity index (χ0v) is 11.8.